The first-order valence-corrected chi connectivity index (χ1v) is 4.11. The van der Waals surface area contributed by atoms with Gasteiger partial charge in [-0.2, -0.15) is 0 Å². The van der Waals surface area contributed by atoms with Gasteiger partial charge in [-0.25, -0.2) is 4.98 Å². The van der Waals surface area contributed by atoms with Crippen molar-refractivity contribution in [2.45, 2.75) is 12.5 Å². The van der Waals surface area contributed by atoms with Crippen molar-refractivity contribution < 1.29 is 9.90 Å². The molecule has 1 aromatic rings. The van der Waals surface area contributed by atoms with Crippen LogP contribution in [0.3, 0.4) is 0 Å². The molecule has 0 aromatic carbocycles. The van der Waals surface area contributed by atoms with Crippen LogP contribution < -0.4 is 5.32 Å². The molecule has 0 amide bonds. The van der Waals surface area contributed by atoms with Gasteiger partial charge in [0.2, 0.25) is 0 Å². The number of aliphatic carboxylic acids is 1. The Labute approximate surface area is 81.6 Å². The molecule has 74 valence electrons. The largest absolute Gasteiger partial charge is 0.480 e. The number of carbonyl (C=O) groups is 1. The van der Waals surface area contributed by atoms with Gasteiger partial charge < -0.3 is 10.1 Å². The smallest absolute Gasteiger partial charge is 0.321 e. The predicted octanol–water partition coefficient (Wildman–Crippen LogP) is -0.372. The Morgan fingerprint density at radius 3 is 3.14 bits per heavy atom. The van der Waals surface area contributed by atoms with Crippen molar-refractivity contribution in [1.29, 1.82) is 0 Å². The second kappa shape index (κ2) is 5.04. The van der Waals surface area contributed by atoms with Crippen molar-refractivity contribution in [2.75, 3.05) is 6.54 Å². The molecule has 0 aliphatic rings. The number of imidazole rings is 1. The maximum absolute atomic E-state index is 10.8. The highest BCUT2D eigenvalue weighted by molar-refractivity contribution is 5.73. The number of rotatable bonds is 5. The van der Waals surface area contributed by atoms with Crippen LogP contribution in [0.5, 0.6) is 0 Å². The van der Waals surface area contributed by atoms with Crippen LogP contribution in [0.25, 0.3) is 0 Å². The number of H-pyrrole nitrogens is 1. The van der Waals surface area contributed by atoms with Gasteiger partial charge in [0.15, 0.2) is 0 Å². The van der Waals surface area contributed by atoms with Gasteiger partial charge in [0.1, 0.15) is 6.04 Å². The number of nitrogens with one attached hydrogen (secondary N) is 2. The summed E-state index contributed by atoms with van der Waals surface area (Å²) >= 11 is 0. The second-order valence-corrected chi connectivity index (χ2v) is 2.76. The van der Waals surface area contributed by atoms with E-state index in [9.17, 15) is 4.79 Å². The first kappa shape index (κ1) is 10.3. The third kappa shape index (κ3) is 2.92. The van der Waals surface area contributed by atoms with Gasteiger partial charge in [0.25, 0.3) is 0 Å². The lowest BCUT2D eigenvalue weighted by Gasteiger charge is -2.10. The molecule has 0 unspecified atom stereocenters. The Hall–Kier alpha value is -1.80. The van der Waals surface area contributed by atoms with E-state index in [4.69, 9.17) is 11.5 Å². The molecule has 1 rings (SSSR count). The lowest BCUT2D eigenvalue weighted by atomic mass is 10.1. The van der Waals surface area contributed by atoms with Crippen molar-refractivity contribution in [1.82, 2.24) is 15.3 Å². The van der Waals surface area contributed by atoms with Gasteiger partial charge in [-0.1, -0.05) is 5.92 Å². The molecule has 14 heavy (non-hydrogen) atoms. The summed E-state index contributed by atoms with van der Waals surface area (Å²) in [4.78, 5) is 17.4. The number of terminal acetylenes is 1. The summed E-state index contributed by atoms with van der Waals surface area (Å²) in [7, 11) is 0. The van der Waals surface area contributed by atoms with E-state index in [-0.39, 0.29) is 6.54 Å². The molecule has 1 aromatic heterocycles. The van der Waals surface area contributed by atoms with Gasteiger partial charge in [-0.15, -0.1) is 6.42 Å². The van der Waals surface area contributed by atoms with Gasteiger partial charge in [0.05, 0.1) is 12.9 Å². The van der Waals surface area contributed by atoms with Crippen LogP contribution in [-0.4, -0.2) is 33.6 Å². The fourth-order valence-corrected chi connectivity index (χ4v) is 1.05. The van der Waals surface area contributed by atoms with Gasteiger partial charge in [0, 0.05) is 18.3 Å². The van der Waals surface area contributed by atoms with Crippen molar-refractivity contribution in [3.8, 4) is 12.3 Å². The van der Waals surface area contributed by atoms with Crippen LogP contribution in [0.4, 0.5) is 0 Å². The molecule has 1 heterocycles. The zero-order valence-corrected chi connectivity index (χ0v) is 7.53. The lowest BCUT2D eigenvalue weighted by Crippen LogP contribution is -2.38. The quantitative estimate of drug-likeness (QED) is 0.557. The van der Waals surface area contributed by atoms with E-state index >= 15 is 0 Å². The predicted molar refractivity (Wildman–Crippen MR) is 50.6 cm³/mol. The molecule has 0 spiro atoms. The van der Waals surface area contributed by atoms with Crippen LogP contribution in [0.2, 0.25) is 0 Å². The average Bonchev–Trinajstić information content (AvgIpc) is 2.64. The van der Waals surface area contributed by atoms with Crippen LogP contribution in [0, 0.1) is 12.3 Å². The minimum atomic E-state index is -0.921. The summed E-state index contributed by atoms with van der Waals surface area (Å²) < 4.78 is 0. The molecule has 0 fully saturated rings. The fourth-order valence-electron chi connectivity index (χ4n) is 1.05. The number of aromatic amines is 1. The molecular weight excluding hydrogens is 182 g/mol. The number of carboxylic acid groups (broad SMARTS) is 1. The molecule has 5 nitrogen and oxygen atoms in total. The first-order valence-electron chi connectivity index (χ1n) is 4.11. The standard InChI is InChI=1S/C9H11N3O2/c1-2-3-11-8(9(13)14)4-7-5-10-6-12-7/h1,5-6,8,11H,3-4H2,(H,10,12)(H,13,14)/t8-/m0/s1. The van der Waals surface area contributed by atoms with Crippen LogP contribution >= 0.6 is 0 Å². The SMILES string of the molecule is C#CCN[C@@H](Cc1cnc[nH]1)C(=O)O. The Kier molecular flexibility index (Phi) is 3.70. The maximum Gasteiger partial charge on any atom is 0.321 e. The molecule has 0 aliphatic heterocycles. The van der Waals surface area contributed by atoms with E-state index in [0.717, 1.165) is 5.69 Å². The van der Waals surface area contributed by atoms with E-state index in [1.165, 1.54) is 6.33 Å². The monoisotopic (exact) mass is 193 g/mol. The van der Waals surface area contributed by atoms with E-state index < -0.39 is 12.0 Å². The van der Waals surface area contributed by atoms with Gasteiger partial charge in [-0.05, 0) is 0 Å². The molecule has 0 saturated heterocycles. The maximum atomic E-state index is 10.8. The number of hydrogen-bond donors (Lipinski definition) is 3. The van der Waals surface area contributed by atoms with Crippen LogP contribution in [0.15, 0.2) is 12.5 Å². The number of hydrogen-bond acceptors (Lipinski definition) is 3. The summed E-state index contributed by atoms with van der Waals surface area (Å²) in [6.07, 6.45) is 8.47. The third-order valence-electron chi connectivity index (χ3n) is 1.73. The lowest BCUT2D eigenvalue weighted by molar-refractivity contribution is -0.139. The van der Waals surface area contributed by atoms with Crippen LogP contribution in [0.1, 0.15) is 5.69 Å². The Bertz CT molecular complexity index is 326. The van der Waals surface area contributed by atoms with Gasteiger partial charge >= 0.3 is 5.97 Å². The summed E-state index contributed by atoms with van der Waals surface area (Å²) in [6, 6.07) is -0.675. The molecule has 5 heteroatoms. The van der Waals surface area contributed by atoms with E-state index in [1.807, 2.05) is 0 Å². The summed E-state index contributed by atoms with van der Waals surface area (Å²) in [6.45, 7) is 0.241. The summed E-state index contributed by atoms with van der Waals surface area (Å²) in [5.41, 5.74) is 0.766. The van der Waals surface area contributed by atoms with Crippen molar-refractivity contribution in [2.24, 2.45) is 0 Å². The fraction of sp³-hybridized carbons (Fsp3) is 0.333. The van der Waals surface area contributed by atoms with Crippen molar-refractivity contribution in [3.05, 3.63) is 18.2 Å². The minimum absolute atomic E-state index is 0.241. The molecule has 0 radical (unpaired) electrons. The number of carboxylic acids is 1. The number of nitrogens with zero attached hydrogens (tertiary/aromatic N) is 1. The zero-order valence-electron chi connectivity index (χ0n) is 7.53. The topological polar surface area (TPSA) is 78.0 Å². The van der Waals surface area contributed by atoms with Crippen molar-refractivity contribution in [3.63, 3.8) is 0 Å². The van der Waals surface area contributed by atoms with Crippen molar-refractivity contribution >= 4 is 5.97 Å². The molecule has 3 N–H and O–H groups in total. The Morgan fingerprint density at radius 1 is 1.86 bits per heavy atom. The highest BCUT2D eigenvalue weighted by atomic mass is 16.4. The van der Waals surface area contributed by atoms with E-state index in [2.05, 4.69) is 21.2 Å². The van der Waals surface area contributed by atoms with E-state index in [1.54, 1.807) is 6.20 Å². The summed E-state index contributed by atoms with van der Waals surface area (Å²) in [5.74, 6) is 1.41. The van der Waals surface area contributed by atoms with Gasteiger partial charge in [-0.3, -0.25) is 10.1 Å². The molecule has 1 atom stereocenters. The highest BCUT2D eigenvalue weighted by Crippen LogP contribution is 1.98. The van der Waals surface area contributed by atoms with Crippen LogP contribution in [-0.2, 0) is 11.2 Å². The molecule has 0 aliphatic carbocycles. The number of aromatic nitrogens is 2. The Morgan fingerprint density at radius 2 is 2.64 bits per heavy atom. The minimum Gasteiger partial charge on any atom is -0.480 e. The first-order chi connectivity index (χ1) is 6.74. The Balaban J connectivity index is 2.52. The average molecular weight is 193 g/mol. The third-order valence-corrected chi connectivity index (χ3v) is 1.73. The molecular formula is C9H11N3O2. The van der Waals surface area contributed by atoms with E-state index in [0.29, 0.717) is 6.42 Å². The normalized spacial score (nSPS) is 11.9. The molecule has 0 bridgehead atoms. The summed E-state index contributed by atoms with van der Waals surface area (Å²) in [5, 5.41) is 11.6. The highest BCUT2D eigenvalue weighted by Gasteiger charge is 2.16. The molecule has 0 saturated carbocycles. The zero-order chi connectivity index (χ0) is 10.4. The second-order valence-electron chi connectivity index (χ2n) is 2.76.